The zero-order chi connectivity index (χ0) is 14.3. The van der Waals surface area contributed by atoms with E-state index >= 15 is 0 Å². The summed E-state index contributed by atoms with van der Waals surface area (Å²) in [7, 11) is 3.61. The lowest BCUT2D eigenvalue weighted by Crippen LogP contribution is -2.33. The van der Waals surface area contributed by atoms with Gasteiger partial charge in [-0.3, -0.25) is 4.79 Å². The van der Waals surface area contributed by atoms with Crippen LogP contribution >= 0.6 is 0 Å². The number of carbonyl (C=O) groups is 1. The molecule has 19 heavy (non-hydrogen) atoms. The first-order valence-corrected chi connectivity index (χ1v) is 6.80. The molecule has 0 aliphatic heterocycles. The van der Waals surface area contributed by atoms with E-state index in [4.69, 9.17) is 0 Å². The Morgan fingerprint density at radius 3 is 2.74 bits per heavy atom. The Morgan fingerprint density at radius 2 is 2.11 bits per heavy atom. The monoisotopic (exact) mass is 263 g/mol. The van der Waals surface area contributed by atoms with E-state index in [-0.39, 0.29) is 5.91 Å². The zero-order valence-corrected chi connectivity index (χ0v) is 12.4. The van der Waals surface area contributed by atoms with Crippen LogP contribution in [-0.2, 0) is 11.3 Å². The van der Waals surface area contributed by atoms with Crippen LogP contribution in [0.4, 0.5) is 5.69 Å². The minimum Gasteiger partial charge on any atom is -0.365 e. The van der Waals surface area contributed by atoms with E-state index in [9.17, 15) is 4.79 Å². The van der Waals surface area contributed by atoms with Crippen molar-refractivity contribution in [1.82, 2.24) is 10.6 Å². The number of amides is 1. The molecule has 0 spiro atoms. The third-order valence-corrected chi connectivity index (χ3v) is 3.05. The molecule has 0 atom stereocenters. The first kappa shape index (κ1) is 15.5. The van der Waals surface area contributed by atoms with E-state index < -0.39 is 0 Å². The van der Waals surface area contributed by atoms with Crippen LogP contribution in [0.3, 0.4) is 0 Å². The Morgan fingerprint density at radius 1 is 1.37 bits per heavy atom. The highest BCUT2D eigenvalue weighted by atomic mass is 16.1. The molecule has 1 amide bonds. The lowest BCUT2D eigenvalue weighted by Gasteiger charge is -2.22. The van der Waals surface area contributed by atoms with Gasteiger partial charge in [0.05, 0.1) is 6.54 Å². The highest BCUT2D eigenvalue weighted by molar-refractivity contribution is 5.81. The highest BCUT2D eigenvalue weighted by Crippen LogP contribution is 2.20. The second-order valence-corrected chi connectivity index (χ2v) is 4.84. The maximum absolute atomic E-state index is 11.5. The Labute approximate surface area is 116 Å². The molecule has 0 aromatic heterocycles. The van der Waals surface area contributed by atoms with Gasteiger partial charge in [-0.15, -0.1) is 0 Å². The second-order valence-electron chi connectivity index (χ2n) is 4.84. The molecule has 0 fully saturated rings. The predicted molar refractivity (Wildman–Crippen MR) is 80.5 cm³/mol. The summed E-state index contributed by atoms with van der Waals surface area (Å²) in [6, 6.07) is 6.35. The molecule has 106 valence electrons. The van der Waals surface area contributed by atoms with Gasteiger partial charge < -0.3 is 15.5 Å². The lowest BCUT2D eigenvalue weighted by atomic mass is 10.1. The summed E-state index contributed by atoms with van der Waals surface area (Å²) in [5, 5.41) is 6.07. The van der Waals surface area contributed by atoms with Gasteiger partial charge in [0, 0.05) is 26.3 Å². The molecule has 4 nitrogen and oxygen atoms in total. The van der Waals surface area contributed by atoms with E-state index in [1.54, 1.807) is 7.05 Å². The molecular formula is C15H25N3O. The van der Waals surface area contributed by atoms with E-state index in [0.29, 0.717) is 6.54 Å². The molecule has 0 aliphatic rings. The molecular weight excluding hydrogens is 238 g/mol. The van der Waals surface area contributed by atoms with Crippen molar-refractivity contribution in [1.29, 1.82) is 0 Å². The quantitative estimate of drug-likeness (QED) is 0.736. The van der Waals surface area contributed by atoms with Gasteiger partial charge in [-0.1, -0.05) is 24.6 Å². The smallest absolute Gasteiger partial charge is 0.239 e. The summed E-state index contributed by atoms with van der Waals surface area (Å²) < 4.78 is 0. The van der Waals surface area contributed by atoms with Crippen molar-refractivity contribution in [3.05, 3.63) is 29.3 Å². The number of likely N-dealkylation sites (N-methyl/N-ethyl adjacent to an activating group) is 2. The van der Waals surface area contributed by atoms with Crippen LogP contribution in [0, 0.1) is 6.92 Å². The maximum atomic E-state index is 11.5. The summed E-state index contributed by atoms with van der Waals surface area (Å²) >= 11 is 0. The molecule has 1 rings (SSSR count). The standard InChI is InChI=1S/C15H25N3O/c1-5-8-17-10-13-9-12(2)6-7-14(13)18(4)11-15(19)16-3/h6-7,9,17H,5,8,10-11H2,1-4H3,(H,16,19). The van der Waals surface area contributed by atoms with Crippen LogP contribution in [0.1, 0.15) is 24.5 Å². The summed E-state index contributed by atoms with van der Waals surface area (Å²) in [5.41, 5.74) is 3.59. The fourth-order valence-electron chi connectivity index (χ4n) is 2.01. The fourth-order valence-corrected chi connectivity index (χ4v) is 2.01. The van der Waals surface area contributed by atoms with Gasteiger partial charge in [0.1, 0.15) is 0 Å². The minimum atomic E-state index is 0.0237. The maximum Gasteiger partial charge on any atom is 0.239 e. The number of hydrogen-bond acceptors (Lipinski definition) is 3. The van der Waals surface area contributed by atoms with Crippen molar-refractivity contribution in [2.24, 2.45) is 0 Å². The van der Waals surface area contributed by atoms with Gasteiger partial charge in [0.2, 0.25) is 5.91 Å². The zero-order valence-electron chi connectivity index (χ0n) is 12.4. The first-order chi connectivity index (χ1) is 9.08. The van der Waals surface area contributed by atoms with Gasteiger partial charge in [0.25, 0.3) is 0 Å². The minimum absolute atomic E-state index is 0.0237. The van der Waals surface area contributed by atoms with Gasteiger partial charge in [-0.2, -0.15) is 0 Å². The molecule has 2 N–H and O–H groups in total. The van der Waals surface area contributed by atoms with Crippen molar-refractivity contribution in [2.75, 3.05) is 32.1 Å². The van der Waals surface area contributed by atoms with E-state index in [0.717, 1.165) is 25.2 Å². The van der Waals surface area contributed by atoms with Crippen LogP contribution in [0.15, 0.2) is 18.2 Å². The Kier molecular flexibility index (Phi) is 6.36. The van der Waals surface area contributed by atoms with Crippen molar-refractivity contribution in [2.45, 2.75) is 26.8 Å². The molecule has 1 aromatic rings. The molecule has 0 bridgehead atoms. The first-order valence-electron chi connectivity index (χ1n) is 6.80. The number of carbonyl (C=O) groups excluding carboxylic acids is 1. The number of anilines is 1. The van der Waals surface area contributed by atoms with Crippen LogP contribution < -0.4 is 15.5 Å². The van der Waals surface area contributed by atoms with Crippen molar-refractivity contribution < 1.29 is 4.79 Å². The summed E-state index contributed by atoms with van der Waals surface area (Å²) in [6.07, 6.45) is 1.12. The summed E-state index contributed by atoms with van der Waals surface area (Å²) in [6.45, 7) is 6.46. The normalized spacial score (nSPS) is 10.3. The molecule has 0 saturated carbocycles. The molecule has 4 heteroatoms. The lowest BCUT2D eigenvalue weighted by molar-refractivity contribution is -0.119. The average Bonchev–Trinajstić information content (AvgIpc) is 2.38. The van der Waals surface area contributed by atoms with E-state index in [1.807, 2.05) is 11.9 Å². The number of rotatable bonds is 7. The van der Waals surface area contributed by atoms with Crippen LogP contribution in [0.25, 0.3) is 0 Å². The summed E-state index contributed by atoms with van der Waals surface area (Å²) in [5.74, 6) is 0.0237. The van der Waals surface area contributed by atoms with Crippen molar-refractivity contribution in [3.63, 3.8) is 0 Å². The largest absolute Gasteiger partial charge is 0.365 e. The van der Waals surface area contributed by atoms with Gasteiger partial charge in [-0.25, -0.2) is 0 Å². The number of nitrogens with one attached hydrogen (secondary N) is 2. The van der Waals surface area contributed by atoms with Crippen LogP contribution in [-0.4, -0.2) is 33.1 Å². The number of hydrogen-bond donors (Lipinski definition) is 2. The number of aryl methyl sites for hydroxylation is 1. The van der Waals surface area contributed by atoms with E-state index in [1.165, 1.54) is 11.1 Å². The average molecular weight is 263 g/mol. The topological polar surface area (TPSA) is 44.4 Å². The van der Waals surface area contributed by atoms with Crippen LogP contribution in [0.2, 0.25) is 0 Å². The molecule has 0 aliphatic carbocycles. The van der Waals surface area contributed by atoms with Crippen molar-refractivity contribution >= 4 is 11.6 Å². The molecule has 0 saturated heterocycles. The third kappa shape index (κ3) is 4.91. The van der Waals surface area contributed by atoms with Gasteiger partial charge in [0.15, 0.2) is 0 Å². The second kappa shape index (κ2) is 7.79. The predicted octanol–water partition coefficient (Wildman–Crippen LogP) is 1.68. The SMILES string of the molecule is CCCNCc1cc(C)ccc1N(C)CC(=O)NC. The molecule has 1 aromatic carbocycles. The summed E-state index contributed by atoms with van der Waals surface area (Å²) in [4.78, 5) is 13.5. The fraction of sp³-hybridized carbons (Fsp3) is 0.533. The Balaban J connectivity index is 2.82. The number of nitrogens with zero attached hydrogens (tertiary/aromatic N) is 1. The Hall–Kier alpha value is -1.55. The third-order valence-electron chi connectivity index (χ3n) is 3.05. The van der Waals surface area contributed by atoms with Gasteiger partial charge >= 0.3 is 0 Å². The highest BCUT2D eigenvalue weighted by Gasteiger charge is 2.10. The number of benzene rings is 1. The van der Waals surface area contributed by atoms with Gasteiger partial charge in [-0.05, 0) is 31.5 Å². The van der Waals surface area contributed by atoms with E-state index in [2.05, 4.69) is 42.7 Å². The Bertz CT molecular complexity index is 418. The van der Waals surface area contributed by atoms with Crippen molar-refractivity contribution in [3.8, 4) is 0 Å². The van der Waals surface area contributed by atoms with Crippen LogP contribution in [0.5, 0.6) is 0 Å². The molecule has 0 unspecified atom stereocenters. The molecule has 0 heterocycles. The molecule has 0 radical (unpaired) electrons.